The van der Waals surface area contributed by atoms with Crippen LogP contribution in [0.25, 0.3) is 17.1 Å². The molecule has 0 radical (unpaired) electrons. The average molecular weight is 331 g/mol. The number of nitrogens with one attached hydrogen (secondary N) is 1. The number of hydrogen-bond acceptors (Lipinski definition) is 5. The fourth-order valence-corrected chi connectivity index (χ4v) is 2.16. The normalized spacial score (nSPS) is 10.5. The lowest BCUT2D eigenvalue weighted by molar-refractivity contribution is 0.0598. The van der Waals surface area contributed by atoms with E-state index in [0.717, 1.165) is 4.68 Å². The lowest BCUT2D eigenvalue weighted by Gasteiger charge is -2.08. The van der Waals surface area contributed by atoms with Crippen LogP contribution >= 0.6 is 11.6 Å². The topological polar surface area (TPSA) is 89.9 Å². The summed E-state index contributed by atoms with van der Waals surface area (Å²) in [5.41, 5.74) is 0.380. The molecule has 0 aliphatic carbocycles. The molecule has 0 atom stereocenters. The van der Waals surface area contributed by atoms with Crippen molar-refractivity contribution in [2.45, 2.75) is 0 Å². The van der Waals surface area contributed by atoms with Crippen LogP contribution in [0, 0.1) is 0 Å². The number of H-pyrrole nitrogens is 1. The number of hydrogen-bond donors (Lipinski definition) is 1. The number of benzene rings is 1. The predicted molar refractivity (Wildman–Crippen MR) is 83.8 cm³/mol. The molecule has 8 heteroatoms. The highest BCUT2D eigenvalue weighted by atomic mass is 35.5. The van der Waals surface area contributed by atoms with E-state index in [0.29, 0.717) is 16.3 Å². The summed E-state index contributed by atoms with van der Waals surface area (Å²) in [6.45, 7) is 0. The molecule has 116 valence electrons. The number of rotatable bonds is 3. The number of esters is 1. The molecular weight excluding hydrogens is 320 g/mol. The van der Waals surface area contributed by atoms with E-state index in [9.17, 15) is 9.59 Å². The van der Waals surface area contributed by atoms with Gasteiger partial charge >= 0.3 is 5.97 Å². The Hall–Kier alpha value is -2.93. The van der Waals surface area contributed by atoms with Gasteiger partial charge in [0.15, 0.2) is 5.82 Å². The van der Waals surface area contributed by atoms with Crippen molar-refractivity contribution in [2.75, 3.05) is 7.11 Å². The first-order valence-electron chi connectivity index (χ1n) is 6.59. The van der Waals surface area contributed by atoms with E-state index in [4.69, 9.17) is 11.6 Å². The molecule has 0 amide bonds. The molecule has 0 spiro atoms. The quantitative estimate of drug-likeness (QED) is 0.742. The van der Waals surface area contributed by atoms with Crippen LogP contribution in [-0.4, -0.2) is 33.1 Å². The molecule has 0 aliphatic heterocycles. The van der Waals surface area contributed by atoms with Crippen LogP contribution in [0.4, 0.5) is 0 Å². The maximum Gasteiger partial charge on any atom is 0.343 e. The molecule has 2 aromatic heterocycles. The molecule has 1 aromatic carbocycles. The van der Waals surface area contributed by atoms with Crippen LogP contribution in [0.15, 0.2) is 47.4 Å². The number of carbonyl (C=O) groups excluding carboxylic acids is 1. The standard InChI is InChI=1S/C15H11ClN4O3/c1-23-15(22)11-8-12(9-2-4-10(16)5-3-9)19-20(14(11)21)13-6-7-17-18-13/h2-8H,1H3,(H,17,18). The van der Waals surface area contributed by atoms with E-state index < -0.39 is 11.5 Å². The summed E-state index contributed by atoms with van der Waals surface area (Å²) in [7, 11) is 1.21. The molecule has 3 aromatic rings. The summed E-state index contributed by atoms with van der Waals surface area (Å²) in [6, 6.07) is 9.83. The molecule has 0 aliphatic rings. The Kier molecular flexibility index (Phi) is 3.94. The Morgan fingerprint density at radius 2 is 2.00 bits per heavy atom. The third kappa shape index (κ3) is 2.86. The zero-order valence-corrected chi connectivity index (χ0v) is 12.7. The van der Waals surface area contributed by atoms with E-state index in [1.807, 2.05) is 0 Å². The summed E-state index contributed by atoms with van der Waals surface area (Å²) < 4.78 is 5.72. The largest absolute Gasteiger partial charge is 0.465 e. The predicted octanol–water partition coefficient (Wildman–Crippen LogP) is 2.06. The minimum absolute atomic E-state index is 0.129. The summed E-state index contributed by atoms with van der Waals surface area (Å²) in [4.78, 5) is 24.3. The van der Waals surface area contributed by atoms with Crippen LogP contribution in [0.5, 0.6) is 0 Å². The fourth-order valence-electron chi connectivity index (χ4n) is 2.04. The number of halogens is 1. The number of methoxy groups -OCH3 is 1. The van der Waals surface area contributed by atoms with Gasteiger partial charge in [0.25, 0.3) is 5.56 Å². The molecule has 0 saturated carbocycles. The molecule has 1 N–H and O–H groups in total. The van der Waals surface area contributed by atoms with Crippen LogP contribution in [0.1, 0.15) is 10.4 Å². The number of aromatic nitrogens is 4. The van der Waals surface area contributed by atoms with Crippen LogP contribution < -0.4 is 5.56 Å². The Morgan fingerprint density at radius 1 is 1.26 bits per heavy atom. The number of nitrogens with zero attached hydrogens (tertiary/aromatic N) is 3. The van der Waals surface area contributed by atoms with Gasteiger partial charge in [0.05, 0.1) is 12.8 Å². The molecule has 0 bridgehead atoms. The molecular formula is C15H11ClN4O3. The minimum Gasteiger partial charge on any atom is -0.465 e. The summed E-state index contributed by atoms with van der Waals surface area (Å²) in [5, 5.41) is 11.4. The average Bonchev–Trinajstić information content (AvgIpc) is 3.09. The lowest BCUT2D eigenvalue weighted by atomic mass is 10.1. The monoisotopic (exact) mass is 330 g/mol. The second-order valence-corrected chi connectivity index (χ2v) is 5.03. The molecule has 0 fully saturated rings. The molecule has 23 heavy (non-hydrogen) atoms. The van der Waals surface area contributed by atoms with Crippen molar-refractivity contribution in [1.29, 1.82) is 0 Å². The van der Waals surface area contributed by atoms with Crippen LogP contribution in [0.3, 0.4) is 0 Å². The first kappa shape index (κ1) is 15.0. The highest BCUT2D eigenvalue weighted by molar-refractivity contribution is 6.30. The van der Waals surface area contributed by atoms with Crippen molar-refractivity contribution in [3.8, 4) is 17.1 Å². The Balaban J connectivity index is 2.24. The molecule has 3 rings (SSSR count). The van der Waals surface area contributed by atoms with Crippen molar-refractivity contribution in [2.24, 2.45) is 0 Å². The van der Waals surface area contributed by atoms with Gasteiger partial charge in [0, 0.05) is 22.8 Å². The number of carbonyl (C=O) groups is 1. The van der Waals surface area contributed by atoms with Gasteiger partial charge in [-0.1, -0.05) is 23.7 Å². The van der Waals surface area contributed by atoms with Gasteiger partial charge in [-0.3, -0.25) is 9.89 Å². The fraction of sp³-hybridized carbons (Fsp3) is 0.0667. The van der Waals surface area contributed by atoms with E-state index in [1.165, 1.54) is 13.2 Å². The molecule has 0 unspecified atom stereocenters. The van der Waals surface area contributed by atoms with Gasteiger partial charge in [-0.25, -0.2) is 4.79 Å². The van der Waals surface area contributed by atoms with Crippen molar-refractivity contribution < 1.29 is 9.53 Å². The summed E-state index contributed by atoms with van der Waals surface area (Å²) in [6.07, 6.45) is 1.55. The maximum atomic E-state index is 12.4. The zero-order chi connectivity index (χ0) is 16.4. The van der Waals surface area contributed by atoms with Gasteiger partial charge in [0.2, 0.25) is 0 Å². The second-order valence-electron chi connectivity index (χ2n) is 4.59. The minimum atomic E-state index is -0.739. The van der Waals surface area contributed by atoms with Crippen LogP contribution in [0.2, 0.25) is 5.02 Å². The Labute approximate surface area is 135 Å². The van der Waals surface area contributed by atoms with E-state index in [-0.39, 0.29) is 11.4 Å². The lowest BCUT2D eigenvalue weighted by Crippen LogP contribution is -2.28. The van der Waals surface area contributed by atoms with Gasteiger partial charge in [0.1, 0.15) is 5.56 Å². The zero-order valence-electron chi connectivity index (χ0n) is 12.0. The summed E-state index contributed by atoms with van der Waals surface area (Å²) in [5.74, 6) is -0.465. The highest BCUT2D eigenvalue weighted by Gasteiger charge is 2.18. The third-order valence-corrected chi connectivity index (χ3v) is 3.41. The van der Waals surface area contributed by atoms with Crippen molar-refractivity contribution in [1.82, 2.24) is 20.0 Å². The second kappa shape index (κ2) is 6.05. The third-order valence-electron chi connectivity index (χ3n) is 3.16. The first-order valence-corrected chi connectivity index (χ1v) is 6.97. The molecule has 0 saturated heterocycles. The first-order chi connectivity index (χ1) is 11.1. The van der Waals surface area contributed by atoms with Crippen molar-refractivity contribution in [3.05, 3.63) is 63.5 Å². The Bertz CT molecular complexity index is 901. The van der Waals surface area contributed by atoms with E-state index in [1.54, 1.807) is 36.5 Å². The van der Waals surface area contributed by atoms with Crippen molar-refractivity contribution >= 4 is 17.6 Å². The van der Waals surface area contributed by atoms with Crippen LogP contribution in [-0.2, 0) is 4.74 Å². The van der Waals surface area contributed by atoms with Gasteiger partial charge < -0.3 is 4.74 Å². The van der Waals surface area contributed by atoms with Gasteiger partial charge in [-0.2, -0.15) is 14.9 Å². The molecule has 7 nitrogen and oxygen atoms in total. The maximum absolute atomic E-state index is 12.4. The summed E-state index contributed by atoms with van der Waals surface area (Å²) >= 11 is 5.88. The highest BCUT2D eigenvalue weighted by Crippen LogP contribution is 2.20. The SMILES string of the molecule is COC(=O)c1cc(-c2ccc(Cl)cc2)nn(-c2cc[nH]n2)c1=O. The molecule has 2 heterocycles. The van der Waals surface area contributed by atoms with E-state index >= 15 is 0 Å². The van der Waals surface area contributed by atoms with E-state index in [2.05, 4.69) is 20.0 Å². The number of ether oxygens (including phenoxy) is 1. The van der Waals surface area contributed by atoms with Gasteiger partial charge in [-0.15, -0.1) is 0 Å². The van der Waals surface area contributed by atoms with Crippen molar-refractivity contribution in [3.63, 3.8) is 0 Å². The Morgan fingerprint density at radius 3 is 2.61 bits per heavy atom. The van der Waals surface area contributed by atoms with Gasteiger partial charge in [-0.05, 0) is 18.2 Å². The smallest absolute Gasteiger partial charge is 0.343 e. The number of aromatic amines is 1.